The van der Waals surface area contributed by atoms with E-state index in [1.165, 1.54) is 12.1 Å². The van der Waals surface area contributed by atoms with Crippen molar-refractivity contribution in [1.29, 1.82) is 0 Å². The number of aromatic nitrogens is 3. The van der Waals surface area contributed by atoms with Gasteiger partial charge in [-0.1, -0.05) is 42.4 Å². The number of anilines is 1. The van der Waals surface area contributed by atoms with Crippen LogP contribution in [0.2, 0.25) is 5.02 Å². The highest BCUT2D eigenvalue weighted by atomic mass is 35.5. The summed E-state index contributed by atoms with van der Waals surface area (Å²) in [5.41, 5.74) is 0.456. The summed E-state index contributed by atoms with van der Waals surface area (Å²) in [6, 6.07) is 8.28. The van der Waals surface area contributed by atoms with Gasteiger partial charge in [-0.3, -0.25) is 9.78 Å². The Hall–Kier alpha value is -3.85. The van der Waals surface area contributed by atoms with E-state index in [-0.39, 0.29) is 46.3 Å². The summed E-state index contributed by atoms with van der Waals surface area (Å²) < 4.78 is 36.5. The highest BCUT2D eigenvalue weighted by molar-refractivity contribution is 6.36. The summed E-state index contributed by atoms with van der Waals surface area (Å²) in [6.45, 7) is 4.78. The monoisotopic (exact) mass is 533 g/mol. The van der Waals surface area contributed by atoms with Crippen molar-refractivity contribution >= 4 is 45.0 Å². The maximum absolute atomic E-state index is 16.3. The Bertz CT molecular complexity index is 1660. The summed E-state index contributed by atoms with van der Waals surface area (Å²) in [4.78, 5) is 29.7. The minimum Gasteiger partial charge on any atom is -0.460 e. The fraction of sp³-hybridized carbons (Fsp3) is 0.286. The Balaban J connectivity index is 1.37. The maximum atomic E-state index is 16.3. The molecule has 2 atom stereocenters. The van der Waals surface area contributed by atoms with E-state index in [1.54, 1.807) is 30.5 Å². The van der Waals surface area contributed by atoms with Crippen LogP contribution in [-0.2, 0) is 4.79 Å². The van der Waals surface area contributed by atoms with E-state index in [0.717, 1.165) is 19.3 Å². The Labute approximate surface area is 221 Å². The Morgan fingerprint density at radius 2 is 1.97 bits per heavy atom. The first-order chi connectivity index (χ1) is 18.4. The molecule has 0 radical (unpaired) electrons. The van der Waals surface area contributed by atoms with Crippen LogP contribution in [0.25, 0.3) is 32.9 Å². The summed E-state index contributed by atoms with van der Waals surface area (Å²) in [5, 5.41) is 1.40. The molecule has 1 saturated carbocycles. The van der Waals surface area contributed by atoms with Crippen LogP contribution >= 0.6 is 11.6 Å². The maximum Gasteiger partial charge on any atom is 0.319 e. The standard InChI is InChI=1S/C28H22ClF2N5O2/c1-2-21(37)35-11-10-19-20(35)13-36(19)27-17-12-32-25(24(31)26(17)33-28(34-27)38-15-7-8-15)16-5-3-4-14-6-9-18(30)23(29)22(14)16/h2-6,9,12,15,19-20H,1,7-8,10-11,13H2/t19-,20-/m1/s1. The highest BCUT2D eigenvalue weighted by Crippen LogP contribution is 2.42. The lowest BCUT2D eigenvalue weighted by molar-refractivity contribution is -0.127. The zero-order chi connectivity index (χ0) is 26.1. The first-order valence-corrected chi connectivity index (χ1v) is 12.9. The van der Waals surface area contributed by atoms with E-state index >= 15 is 4.39 Å². The average Bonchev–Trinajstić information content (AvgIpc) is 3.67. The van der Waals surface area contributed by atoms with Crippen LogP contribution < -0.4 is 9.64 Å². The molecule has 3 fully saturated rings. The summed E-state index contributed by atoms with van der Waals surface area (Å²) in [7, 11) is 0. The number of likely N-dealkylation sites (tertiary alicyclic amines) is 1. The largest absolute Gasteiger partial charge is 0.460 e. The molecule has 7 nitrogen and oxygen atoms in total. The zero-order valence-corrected chi connectivity index (χ0v) is 21.0. The second-order valence-electron chi connectivity index (χ2n) is 9.91. The Kier molecular flexibility index (Phi) is 5.26. The van der Waals surface area contributed by atoms with E-state index in [2.05, 4.69) is 26.4 Å². The fourth-order valence-electron chi connectivity index (χ4n) is 5.58. The number of amides is 1. The number of halogens is 3. The molecule has 2 aromatic carbocycles. The molecule has 2 saturated heterocycles. The van der Waals surface area contributed by atoms with Crippen LogP contribution in [0.3, 0.4) is 0 Å². The molecule has 0 spiro atoms. The molecule has 2 aromatic heterocycles. The second-order valence-corrected chi connectivity index (χ2v) is 10.3. The van der Waals surface area contributed by atoms with Crippen molar-refractivity contribution in [2.45, 2.75) is 37.5 Å². The molecular formula is C28H22ClF2N5O2. The van der Waals surface area contributed by atoms with Gasteiger partial charge in [0.2, 0.25) is 5.91 Å². The molecular weight excluding hydrogens is 512 g/mol. The molecule has 0 N–H and O–H groups in total. The van der Waals surface area contributed by atoms with Gasteiger partial charge in [-0.05, 0) is 36.8 Å². The smallest absolute Gasteiger partial charge is 0.319 e. The molecule has 2 aliphatic heterocycles. The number of fused-ring (bicyclic) bond motifs is 3. The van der Waals surface area contributed by atoms with Crippen LogP contribution in [0.4, 0.5) is 14.6 Å². The van der Waals surface area contributed by atoms with Gasteiger partial charge in [0.15, 0.2) is 5.82 Å². The van der Waals surface area contributed by atoms with Gasteiger partial charge < -0.3 is 14.5 Å². The third-order valence-corrected chi connectivity index (χ3v) is 8.02. The van der Waals surface area contributed by atoms with E-state index in [1.807, 2.05) is 4.90 Å². The number of benzene rings is 2. The molecule has 4 heterocycles. The Morgan fingerprint density at radius 3 is 2.76 bits per heavy atom. The summed E-state index contributed by atoms with van der Waals surface area (Å²) in [5.74, 6) is -0.818. The van der Waals surface area contributed by atoms with Gasteiger partial charge in [-0.2, -0.15) is 9.97 Å². The van der Waals surface area contributed by atoms with Crippen molar-refractivity contribution in [3.05, 3.63) is 65.8 Å². The highest BCUT2D eigenvalue weighted by Gasteiger charge is 2.49. The van der Waals surface area contributed by atoms with Crippen molar-refractivity contribution in [2.75, 3.05) is 18.0 Å². The molecule has 38 heavy (non-hydrogen) atoms. The molecule has 3 aliphatic rings. The summed E-state index contributed by atoms with van der Waals surface area (Å²) >= 11 is 6.32. The number of pyridine rings is 1. The van der Waals surface area contributed by atoms with Crippen LogP contribution in [0.5, 0.6) is 6.01 Å². The zero-order valence-electron chi connectivity index (χ0n) is 20.2. The number of carbonyl (C=O) groups excluding carboxylic acids is 1. The quantitative estimate of drug-likeness (QED) is 0.324. The third-order valence-electron chi connectivity index (χ3n) is 7.65. The predicted molar refractivity (Wildman–Crippen MR) is 140 cm³/mol. The van der Waals surface area contributed by atoms with E-state index < -0.39 is 11.6 Å². The lowest BCUT2D eigenvalue weighted by Crippen LogP contribution is -2.63. The molecule has 1 aliphatic carbocycles. The molecule has 0 unspecified atom stereocenters. The van der Waals surface area contributed by atoms with Crippen LogP contribution in [0, 0.1) is 11.6 Å². The van der Waals surface area contributed by atoms with Gasteiger partial charge >= 0.3 is 6.01 Å². The van der Waals surface area contributed by atoms with Crippen molar-refractivity contribution < 1.29 is 18.3 Å². The number of rotatable bonds is 5. The van der Waals surface area contributed by atoms with Gasteiger partial charge in [0, 0.05) is 30.2 Å². The van der Waals surface area contributed by atoms with Crippen LogP contribution in [0.1, 0.15) is 19.3 Å². The topological polar surface area (TPSA) is 71.5 Å². The lowest BCUT2D eigenvalue weighted by atomic mass is 9.96. The summed E-state index contributed by atoms with van der Waals surface area (Å²) in [6.07, 6.45) is 5.45. The second kappa shape index (κ2) is 8.59. The number of hydrogen-bond donors (Lipinski definition) is 0. The fourth-order valence-corrected chi connectivity index (χ4v) is 5.85. The van der Waals surface area contributed by atoms with Crippen molar-refractivity contribution in [3.63, 3.8) is 0 Å². The normalized spacial score (nSPS) is 20.5. The van der Waals surface area contributed by atoms with Gasteiger partial charge in [-0.25, -0.2) is 8.78 Å². The minimum absolute atomic E-state index is 0.0147. The minimum atomic E-state index is -0.661. The van der Waals surface area contributed by atoms with Gasteiger partial charge in [0.25, 0.3) is 0 Å². The van der Waals surface area contributed by atoms with Crippen molar-refractivity contribution in [1.82, 2.24) is 19.9 Å². The molecule has 1 amide bonds. The van der Waals surface area contributed by atoms with Crippen LogP contribution in [0.15, 0.2) is 49.2 Å². The van der Waals surface area contributed by atoms with Gasteiger partial charge in [-0.15, -0.1) is 0 Å². The van der Waals surface area contributed by atoms with Crippen molar-refractivity contribution in [2.24, 2.45) is 0 Å². The van der Waals surface area contributed by atoms with Gasteiger partial charge in [0.1, 0.15) is 28.9 Å². The predicted octanol–water partition coefficient (Wildman–Crippen LogP) is 5.29. The van der Waals surface area contributed by atoms with Crippen molar-refractivity contribution in [3.8, 4) is 17.3 Å². The molecule has 0 bridgehead atoms. The van der Waals surface area contributed by atoms with Crippen LogP contribution in [-0.4, -0.2) is 57.0 Å². The number of hydrogen-bond acceptors (Lipinski definition) is 6. The first kappa shape index (κ1) is 23.3. The lowest BCUT2D eigenvalue weighted by Gasteiger charge is -2.47. The number of ether oxygens (including phenoxy) is 1. The molecule has 4 aromatic rings. The number of carbonyl (C=O) groups is 1. The average molecular weight is 534 g/mol. The number of nitrogens with zero attached hydrogens (tertiary/aromatic N) is 5. The molecule has 10 heteroatoms. The van der Waals surface area contributed by atoms with E-state index in [0.29, 0.717) is 40.6 Å². The van der Waals surface area contributed by atoms with Gasteiger partial charge in [0.05, 0.1) is 22.5 Å². The van der Waals surface area contributed by atoms with E-state index in [4.69, 9.17) is 16.3 Å². The molecule has 7 rings (SSSR count). The first-order valence-electron chi connectivity index (χ1n) is 12.5. The Morgan fingerprint density at radius 1 is 1.13 bits per heavy atom. The molecule has 192 valence electrons. The SMILES string of the molecule is C=CC(=O)N1CC[C@@H]2[C@H]1CN2c1nc(OC2CC2)nc2c(F)c(-c3cccc4ccc(F)c(Cl)c34)ncc12. The van der Waals surface area contributed by atoms with E-state index in [9.17, 15) is 9.18 Å². The third kappa shape index (κ3) is 3.52.